The fraction of sp³-hybridized carbons (Fsp3) is 0.481. The Morgan fingerprint density at radius 2 is 1.28 bits per heavy atom. The van der Waals surface area contributed by atoms with Gasteiger partial charge in [-0.3, -0.25) is 25.1 Å². The van der Waals surface area contributed by atoms with E-state index < -0.39 is 39.2 Å². The highest BCUT2D eigenvalue weighted by molar-refractivity contribution is 6.34. The summed E-state index contributed by atoms with van der Waals surface area (Å²) in [7, 11) is 0. The molecule has 2 aromatic carbocycles. The average molecular weight is 642 g/mol. The molecule has 16 heteroatoms. The number of nitrogens with zero attached hydrogens (tertiary/aromatic N) is 3. The van der Waals surface area contributed by atoms with Crippen molar-refractivity contribution in [3.05, 3.63) is 65.7 Å². The van der Waals surface area contributed by atoms with Crippen LogP contribution in [0.15, 0.2) is 24.3 Å². The van der Waals surface area contributed by atoms with Crippen LogP contribution in [0.3, 0.4) is 0 Å². The SMILES string of the molecule is CCOC(=O)c1cc(OCC(COc2cc(C(=O)OCC)cc([N+](=O)[O-])c2Cl)N2CC3CCC(C2)O3)c(Cl)c([N+](=O)[O-])c1. The topological polar surface area (TPSA) is 170 Å². The third kappa shape index (κ3) is 7.63. The van der Waals surface area contributed by atoms with Crippen LogP contribution in [-0.4, -0.2) is 84.5 Å². The highest BCUT2D eigenvalue weighted by atomic mass is 35.5. The number of nitro groups is 2. The molecule has 2 atom stereocenters. The van der Waals surface area contributed by atoms with Crippen LogP contribution in [0.4, 0.5) is 11.4 Å². The summed E-state index contributed by atoms with van der Waals surface area (Å²) in [5, 5.41) is 22.7. The minimum absolute atomic E-state index is 0.0186. The second-order valence-electron chi connectivity index (χ2n) is 9.76. The van der Waals surface area contributed by atoms with Gasteiger partial charge in [-0.1, -0.05) is 23.2 Å². The first kappa shape index (κ1) is 32.2. The summed E-state index contributed by atoms with van der Waals surface area (Å²) >= 11 is 12.6. The van der Waals surface area contributed by atoms with Crippen molar-refractivity contribution in [3.63, 3.8) is 0 Å². The average Bonchev–Trinajstić information content (AvgIpc) is 3.31. The number of hydrogen-bond acceptors (Lipinski definition) is 12. The fourth-order valence-electron chi connectivity index (χ4n) is 4.88. The zero-order valence-electron chi connectivity index (χ0n) is 23.3. The van der Waals surface area contributed by atoms with Crippen LogP contribution in [0.25, 0.3) is 0 Å². The molecule has 0 saturated carbocycles. The number of fused-ring (bicyclic) bond motifs is 2. The summed E-state index contributed by atoms with van der Waals surface area (Å²) in [5.74, 6) is -1.79. The molecule has 0 amide bonds. The Morgan fingerprint density at radius 3 is 1.65 bits per heavy atom. The summed E-state index contributed by atoms with van der Waals surface area (Å²) in [6, 6.07) is 4.02. The van der Waals surface area contributed by atoms with E-state index >= 15 is 0 Å². The number of carbonyl (C=O) groups excluding carboxylic acids is 2. The monoisotopic (exact) mass is 641 g/mol. The molecule has 0 radical (unpaired) electrons. The van der Waals surface area contributed by atoms with E-state index in [4.69, 9.17) is 46.9 Å². The van der Waals surface area contributed by atoms with Gasteiger partial charge in [-0.2, -0.15) is 0 Å². The maximum absolute atomic E-state index is 12.4. The molecule has 43 heavy (non-hydrogen) atoms. The summed E-state index contributed by atoms with van der Waals surface area (Å²) < 4.78 is 27.8. The van der Waals surface area contributed by atoms with Gasteiger partial charge in [-0.15, -0.1) is 0 Å². The molecule has 2 aromatic rings. The van der Waals surface area contributed by atoms with Crippen molar-refractivity contribution in [2.45, 2.75) is 44.9 Å². The van der Waals surface area contributed by atoms with E-state index in [0.29, 0.717) is 13.1 Å². The van der Waals surface area contributed by atoms with Crippen LogP contribution in [0.5, 0.6) is 11.5 Å². The number of benzene rings is 2. The van der Waals surface area contributed by atoms with Crippen LogP contribution in [-0.2, 0) is 14.2 Å². The zero-order valence-corrected chi connectivity index (χ0v) is 24.8. The van der Waals surface area contributed by atoms with Gasteiger partial charge in [0.25, 0.3) is 11.4 Å². The largest absolute Gasteiger partial charge is 0.490 e. The first-order valence-electron chi connectivity index (χ1n) is 13.5. The fourth-order valence-corrected chi connectivity index (χ4v) is 5.35. The quantitative estimate of drug-likeness (QED) is 0.166. The van der Waals surface area contributed by atoms with Crippen LogP contribution < -0.4 is 9.47 Å². The predicted molar refractivity (Wildman–Crippen MR) is 152 cm³/mol. The lowest BCUT2D eigenvalue weighted by Crippen LogP contribution is -2.52. The van der Waals surface area contributed by atoms with Crippen molar-refractivity contribution in [2.75, 3.05) is 39.5 Å². The highest BCUT2D eigenvalue weighted by Gasteiger charge is 2.37. The van der Waals surface area contributed by atoms with Crippen molar-refractivity contribution in [1.29, 1.82) is 0 Å². The number of halogens is 2. The maximum Gasteiger partial charge on any atom is 0.338 e. The number of nitro benzene ring substituents is 2. The van der Waals surface area contributed by atoms with Gasteiger partial charge in [0.1, 0.15) is 24.7 Å². The van der Waals surface area contributed by atoms with Gasteiger partial charge in [-0.25, -0.2) is 9.59 Å². The van der Waals surface area contributed by atoms with Gasteiger partial charge in [0, 0.05) is 25.2 Å². The Balaban J connectivity index is 1.62. The van der Waals surface area contributed by atoms with Gasteiger partial charge >= 0.3 is 11.9 Å². The number of rotatable bonds is 13. The third-order valence-electron chi connectivity index (χ3n) is 6.91. The zero-order chi connectivity index (χ0) is 31.3. The Kier molecular flexibility index (Phi) is 10.6. The third-order valence-corrected chi connectivity index (χ3v) is 7.67. The van der Waals surface area contributed by atoms with E-state index in [1.165, 1.54) is 12.1 Å². The number of esters is 2. The van der Waals surface area contributed by atoms with Crippen molar-refractivity contribution >= 4 is 46.5 Å². The van der Waals surface area contributed by atoms with E-state index in [1.54, 1.807) is 13.8 Å². The van der Waals surface area contributed by atoms with Crippen molar-refractivity contribution in [2.24, 2.45) is 0 Å². The van der Waals surface area contributed by atoms with E-state index in [9.17, 15) is 29.8 Å². The standard InChI is InChI=1S/C27H29Cl2N3O11/c1-3-39-26(33)15-7-20(31(35)36)24(28)22(9-15)41-13-17(30-11-18-5-6-19(12-30)43-18)14-42-23-10-16(27(34)40-4-2)8-21(25(23)29)32(37)38/h7-10,17-19H,3-6,11-14H2,1-2H3. The summed E-state index contributed by atoms with van der Waals surface area (Å²) in [4.78, 5) is 48.6. The van der Waals surface area contributed by atoms with Gasteiger partial charge in [-0.05, 0) is 38.8 Å². The second-order valence-corrected chi connectivity index (χ2v) is 10.5. The lowest BCUT2D eigenvalue weighted by Gasteiger charge is -2.37. The van der Waals surface area contributed by atoms with E-state index in [-0.39, 0.29) is 71.3 Å². The molecule has 232 valence electrons. The van der Waals surface area contributed by atoms with Crippen molar-refractivity contribution in [3.8, 4) is 11.5 Å². The Hall–Kier alpha value is -3.72. The van der Waals surface area contributed by atoms with Gasteiger partial charge in [0.05, 0.1) is 52.4 Å². The highest BCUT2D eigenvalue weighted by Crippen LogP contribution is 2.38. The van der Waals surface area contributed by atoms with E-state index in [2.05, 4.69) is 4.90 Å². The van der Waals surface area contributed by atoms with Crippen LogP contribution in [0.2, 0.25) is 10.0 Å². The maximum atomic E-state index is 12.4. The molecule has 2 fully saturated rings. The number of carbonyl (C=O) groups is 2. The van der Waals surface area contributed by atoms with Crippen molar-refractivity contribution in [1.82, 2.24) is 4.90 Å². The van der Waals surface area contributed by atoms with Crippen molar-refractivity contribution < 1.29 is 43.1 Å². The summed E-state index contributed by atoms with van der Waals surface area (Å²) in [5.41, 5.74) is -1.29. The molecule has 14 nitrogen and oxygen atoms in total. The molecule has 2 aliphatic heterocycles. The minimum Gasteiger partial charge on any atom is -0.490 e. The molecule has 2 saturated heterocycles. The molecule has 0 aromatic heterocycles. The van der Waals surface area contributed by atoms with Gasteiger partial charge in [0.2, 0.25) is 0 Å². The molecule has 0 spiro atoms. The Bertz CT molecular complexity index is 1310. The van der Waals surface area contributed by atoms with Gasteiger partial charge in [0.15, 0.2) is 10.0 Å². The van der Waals surface area contributed by atoms with Crippen LogP contribution in [0.1, 0.15) is 47.4 Å². The Morgan fingerprint density at radius 1 is 0.860 bits per heavy atom. The van der Waals surface area contributed by atoms with Gasteiger partial charge < -0.3 is 23.7 Å². The minimum atomic E-state index is -0.783. The predicted octanol–water partition coefficient (Wildman–Crippen LogP) is 4.85. The lowest BCUT2D eigenvalue weighted by atomic mass is 10.1. The molecule has 0 N–H and O–H groups in total. The molecule has 2 heterocycles. The van der Waals surface area contributed by atoms with E-state index in [1.807, 2.05) is 0 Å². The normalized spacial score (nSPS) is 17.9. The molecule has 0 aliphatic carbocycles. The number of likely N-dealkylation sites (tertiary alicyclic amines) is 1. The number of ether oxygens (including phenoxy) is 5. The Labute approximate surface area is 256 Å². The first-order valence-corrected chi connectivity index (χ1v) is 14.2. The number of hydrogen-bond donors (Lipinski definition) is 0. The molecule has 2 unspecified atom stereocenters. The van der Waals surface area contributed by atoms with Crippen LogP contribution >= 0.6 is 23.2 Å². The molecule has 2 aliphatic rings. The molecular weight excluding hydrogens is 613 g/mol. The molecule has 2 bridgehead atoms. The smallest absolute Gasteiger partial charge is 0.338 e. The van der Waals surface area contributed by atoms with E-state index in [0.717, 1.165) is 25.0 Å². The second kappa shape index (κ2) is 14.2. The molecule has 4 rings (SSSR count). The first-order chi connectivity index (χ1) is 20.5. The molecular formula is C27H29Cl2N3O11. The summed E-state index contributed by atoms with van der Waals surface area (Å²) in [6.07, 6.45) is 1.70. The van der Waals surface area contributed by atoms with Crippen LogP contribution in [0, 0.1) is 20.2 Å². The number of morpholine rings is 1. The summed E-state index contributed by atoms with van der Waals surface area (Å²) in [6.45, 7) is 4.15. The lowest BCUT2D eigenvalue weighted by molar-refractivity contribution is -0.384.